The van der Waals surface area contributed by atoms with Crippen LogP contribution >= 0.6 is 0 Å². The number of hydrogen-bond donors (Lipinski definition) is 1. The lowest BCUT2D eigenvalue weighted by Crippen LogP contribution is -2.53. The van der Waals surface area contributed by atoms with Gasteiger partial charge in [-0.25, -0.2) is 4.39 Å². The summed E-state index contributed by atoms with van der Waals surface area (Å²) in [5, 5.41) is 3.02. The van der Waals surface area contributed by atoms with Crippen LogP contribution in [-0.2, 0) is 16.1 Å². The molecule has 0 saturated carbocycles. The van der Waals surface area contributed by atoms with Crippen LogP contribution < -0.4 is 15.0 Å². The largest absolute Gasteiger partial charge is 0.491 e. The summed E-state index contributed by atoms with van der Waals surface area (Å²) in [6.45, 7) is 6.62. The van der Waals surface area contributed by atoms with Crippen LogP contribution in [0.2, 0.25) is 0 Å². The second kappa shape index (κ2) is 10.9. The Bertz CT molecular complexity index is 808. The van der Waals surface area contributed by atoms with Crippen molar-refractivity contribution in [3.05, 3.63) is 59.9 Å². The zero-order valence-electron chi connectivity index (χ0n) is 17.6. The molecule has 0 aliphatic carbocycles. The predicted molar refractivity (Wildman–Crippen MR) is 115 cm³/mol. The molecule has 0 radical (unpaired) electrons. The van der Waals surface area contributed by atoms with E-state index in [9.17, 15) is 9.18 Å². The van der Waals surface area contributed by atoms with Crippen molar-refractivity contribution in [2.75, 3.05) is 51.4 Å². The molecule has 2 aromatic rings. The highest BCUT2D eigenvalue weighted by Gasteiger charge is 2.25. The number of amides is 1. The van der Waals surface area contributed by atoms with Gasteiger partial charge >= 0.3 is 0 Å². The number of nitrogens with zero attached hydrogens (tertiary/aromatic N) is 2. The van der Waals surface area contributed by atoms with E-state index in [0.717, 1.165) is 43.2 Å². The lowest BCUT2D eigenvalue weighted by Gasteiger charge is -2.38. The Morgan fingerprint density at radius 3 is 2.53 bits per heavy atom. The Kier molecular flexibility index (Phi) is 8.04. The van der Waals surface area contributed by atoms with Gasteiger partial charge in [-0.15, -0.1) is 0 Å². The number of carbonyl (C=O) groups is 1. The SMILES string of the molecule is COCCOc1cccc(CNC(=O)C(C)N2CCN(c3ccc(F)cc3)CC2)c1. The standard InChI is InChI=1S/C23H30FN3O3/c1-18(26-10-12-27(13-11-26)21-8-6-20(24)7-9-21)23(28)25-17-19-4-3-5-22(16-19)30-15-14-29-2/h3-9,16,18H,10-15,17H2,1-2H3,(H,25,28). The number of hydrogen-bond acceptors (Lipinski definition) is 5. The van der Waals surface area contributed by atoms with Gasteiger partial charge in [-0.3, -0.25) is 9.69 Å². The summed E-state index contributed by atoms with van der Waals surface area (Å²) in [6.07, 6.45) is 0. The molecule has 1 aliphatic rings. The Balaban J connectivity index is 1.45. The van der Waals surface area contributed by atoms with E-state index in [1.165, 1.54) is 12.1 Å². The van der Waals surface area contributed by atoms with Gasteiger partial charge in [0.05, 0.1) is 12.6 Å². The Labute approximate surface area is 177 Å². The smallest absolute Gasteiger partial charge is 0.237 e. The van der Waals surface area contributed by atoms with Crippen molar-refractivity contribution in [2.24, 2.45) is 0 Å². The first-order valence-corrected chi connectivity index (χ1v) is 10.3. The summed E-state index contributed by atoms with van der Waals surface area (Å²) >= 11 is 0. The third-order valence-corrected chi connectivity index (χ3v) is 5.35. The first-order chi connectivity index (χ1) is 14.6. The maximum absolute atomic E-state index is 13.1. The first-order valence-electron chi connectivity index (χ1n) is 10.3. The minimum atomic E-state index is -0.227. The molecule has 6 nitrogen and oxygen atoms in total. The van der Waals surface area contributed by atoms with Gasteiger partial charge in [0.25, 0.3) is 0 Å². The highest BCUT2D eigenvalue weighted by molar-refractivity contribution is 5.81. The van der Waals surface area contributed by atoms with Crippen molar-refractivity contribution in [3.8, 4) is 5.75 Å². The van der Waals surface area contributed by atoms with Crippen LogP contribution in [0.15, 0.2) is 48.5 Å². The average Bonchev–Trinajstić information content (AvgIpc) is 2.78. The second-order valence-corrected chi connectivity index (χ2v) is 7.38. The predicted octanol–water partition coefficient (Wildman–Crippen LogP) is 2.68. The van der Waals surface area contributed by atoms with E-state index in [1.54, 1.807) is 19.2 Å². The number of carbonyl (C=O) groups excluding carboxylic acids is 1. The van der Waals surface area contributed by atoms with Gasteiger partial charge in [0.1, 0.15) is 18.2 Å². The van der Waals surface area contributed by atoms with Crippen LogP contribution in [-0.4, -0.2) is 63.4 Å². The lowest BCUT2D eigenvalue weighted by atomic mass is 10.1. The molecule has 1 atom stereocenters. The van der Waals surface area contributed by atoms with Gasteiger partial charge in [0.2, 0.25) is 5.91 Å². The Hall–Kier alpha value is -2.64. The van der Waals surface area contributed by atoms with Gasteiger partial charge in [0.15, 0.2) is 0 Å². The molecule has 30 heavy (non-hydrogen) atoms. The number of rotatable bonds is 9. The number of benzene rings is 2. The topological polar surface area (TPSA) is 54.0 Å². The molecule has 1 unspecified atom stereocenters. The molecule has 1 aliphatic heterocycles. The fourth-order valence-electron chi connectivity index (χ4n) is 3.51. The normalized spacial score (nSPS) is 15.6. The molecule has 3 rings (SSSR count). The summed E-state index contributed by atoms with van der Waals surface area (Å²) in [7, 11) is 1.64. The molecule has 1 N–H and O–H groups in total. The van der Waals surface area contributed by atoms with E-state index < -0.39 is 0 Å². The van der Waals surface area contributed by atoms with Crippen LogP contribution in [0.4, 0.5) is 10.1 Å². The fourth-order valence-corrected chi connectivity index (χ4v) is 3.51. The number of methoxy groups -OCH3 is 1. The maximum atomic E-state index is 13.1. The fraction of sp³-hybridized carbons (Fsp3) is 0.435. The number of piperazine rings is 1. The third kappa shape index (κ3) is 6.18. The Morgan fingerprint density at radius 1 is 1.10 bits per heavy atom. The second-order valence-electron chi connectivity index (χ2n) is 7.38. The van der Waals surface area contributed by atoms with Gasteiger partial charge in [-0.1, -0.05) is 12.1 Å². The van der Waals surface area contributed by atoms with Crippen molar-refractivity contribution in [3.63, 3.8) is 0 Å². The van der Waals surface area contributed by atoms with Crippen molar-refractivity contribution in [1.29, 1.82) is 0 Å². The Morgan fingerprint density at radius 2 is 1.83 bits per heavy atom. The quantitative estimate of drug-likeness (QED) is 0.639. The number of anilines is 1. The van der Waals surface area contributed by atoms with Crippen molar-refractivity contribution in [1.82, 2.24) is 10.2 Å². The van der Waals surface area contributed by atoms with E-state index >= 15 is 0 Å². The van der Waals surface area contributed by atoms with E-state index in [1.807, 2.05) is 31.2 Å². The van der Waals surface area contributed by atoms with Crippen molar-refractivity contribution in [2.45, 2.75) is 19.5 Å². The van der Waals surface area contributed by atoms with E-state index in [2.05, 4.69) is 15.1 Å². The first kappa shape index (κ1) is 22.1. The van der Waals surface area contributed by atoms with Gasteiger partial charge in [0, 0.05) is 45.5 Å². The molecule has 2 aromatic carbocycles. The lowest BCUT2D eigenvalue weighted by molar-refractivity contribution is -0.126. The maximum Gasteiger partial charge on any atom is 0.237 e. The number of ether oxygens (including phenoxy) is 2. The molecule has 0 bridgehead atoms. The molecule has 1 saturated heterocycles. The van der Waals surface area contributed by atoms with Crippen molar-refractivity contribution < 1.29 is 18.7 Å². The summed E-state index contributed by atoms with van der Waals surface area (Å²) < 4.78 is 23.7. The van der Waals surface area contributed by atoms with E-state index in [4.69, 9.17) is 9.47 Å². The van der Waals surface area contributed by atoms with Gasteiger partial charge in [-0.2, -0.15) is 0 Å². The molecular formula is C23H30FN3O3. The van der Waals surface area contributed by atoms with Crippen molar-refractivity contribution >= 4 is 11.6 Å². The number of nitrogens with one attached hydrogen (secondary N) is 1. The highest BCUT2D eigenvalue weighted by atomic mass is 19.1. The molecule has 1 amide bonds. The van der Waals surface area contributed by atoms with Crippen LogP contribution in [0.5, 0.6) is 5.75 Å². The van der Waals surface area contributed by atoms with Gasteiger partial charge < -0.3 is 19.7 Å². The van der Waals surface area contributed by atoms with Crippen LogP contribution in [0.3, 0.4) is 0 Å². The minimum Gasteiger partial charge on any atom is -0.491 e. The summed E-state index contributed by atoms with van der Waals surface area (Å²) in [4.78, 5) is 17.0. The molecule has 0 spiro atoms. The molecule has 162 valence electrons. The third-order valence-electron chi connectivity index (χ3n) is 5.35. The minimum absolute atomic E-state index is 0.0101. The number of halogens is 1. The summed E-state index contributed by atoms with van der Waals surface area (Å²) in [5.41, 5.74) is 2.01. The summed E-state index contributed by atoms with van der Waals surface area (Å²) in [6, 6.07) is 14.1. The van der Waals surface area contributed by atoms with E-state index in [-0.39, 0.29) is 17.8 Å². The molecular weight excluding hydrogens is 385 g/mol. The van der Waals surface area contributed by atoms with Crippen LogP contribution in [0.25, 0.3) is 0 Å². The zero-order valence-corrected chi connectivity index (χ0v) is 17.6. The molecule has 7 heteroatoms. The highest BCUT2D eigenvalue weighted by Crippen LogP contribution is 2.18. The van der Waals surface area contributed by atoms with E-state index in [0.29, 0.717) is 19.8 Å². The molecule has 1 fully saturated rings. The monoisotopic (exact) mass is 415 g/mol. The average molecular weight is 416 g/mol. The zero-order chi connectivity index (χ0) is 21.3. The van der Waals surface area contributed by atoms with Crippen LogP contribution in [0.1, 0.15) is 12.5 Å². The van der Waals surface area contributed by atoms with Gasteiger partial charge in [-0.05, 0) is 48.9 Å². The van der Waals surface area contributed by atoms with Crippen LogP contribution in [0, 0.1) is 5.82 Å². The summed E-state index contributed by atoms with van der Waals surface area (Å²) in [5.74, 6) is 0.550. The molecule has 0 aromatic heterocycles. The molecule has 1 heterocycles.